The average molecular weight is 353 g/mol. The predicted molar refractivity (Wildman–Crippen MR) is 97.1 cm³/mol. The first-order chi connectivity index (χ1) is 12.6. The highest BCUT2D eigenvalue weighted by Crippen LogP contribution is 2.32. The van der Waals surface area contributed by atoms with Gasteiger partial charge in [0.2, 0.25) is 0 Å². The van der Waals surface area contributed by atoms with Crippen LogP contribution in [0.2, 0.25) is 0 Å². The fourth-order valence-electron chi connectivity index (χ4n) is 3.43. The molecule has 0 unspecified atom stereocenters. The van der Waals surface area contributed by atoms with Crippen LogP contribution in [0.4, 0.5) is 11.4 Å². The van der Waals surface area contributed by atoms with Gasteiger partial charge in [-0.3, -0.25) is 20.0 Å². The van der Waals surface area contributed by atoms with E-state index in [1.165, 1.54) is 0 Å². The van der Waals surface area contributed by atoms with Gasteiger partial charge in [-0.1, -0.05) is 5.16 Å². The molecule has 4 rings (SSSR count). The number of rotatable bonds is 4. The summed E-state index contributed by atoms with van der Waals surface area (Å²) in [6.07, 6.45) is 1.68. The fourth-order valence-corrected chi connectivity index (χ4v) is 3.43. The molecule has 0 aliphatic carbocycles. The van der Waals surface area contributed by atoms with Gasteiger partial charge in [0.25, 0.3) is 5.69 Å². The van der Waals surface area contributed by atoms with Crippen molar-refractivity contribution in [1.82, 2.24) is 15.0 Å². The van der Waals surface area contributed by atoms with Gasteiger partial charge in [0.1, 0.15) is 11.3 Å². The van der Waals surface area contributed by atoms with Gasteiger partial charge in [0.15, 0.2) is 0 Å². The maximum Gasteiger partial charge on any atom is 0.278 e. The molecule has 3 aromatic rings. The Morgan fingerprint density at radius 1 is 1.23 bits per heavy atom. The molecule has 0 radical (unpaired) electrons. The summed E-state index contributed by atoms with van der Waals surface area (Å²) in [4.78, 5) is 19.9. The number of anilines is 1. The van der Waals surface area contributed by atoms with Crippen LogP contribution in [-0.2, 0) is 6.54 Å². The monoisotopic (exact) mass is 353 g/mol. The minimum absolute atomic E-state index is 0.0943. The highest BCUT2D eigenvalue weighted by Gasteiger charge is 2.22. The number of aryl methyl sites for hydroxylation is 1. The van der Waals surface area contributed by atoms with Crippen LogP contribution in [0.15, 0.2) is 41.1 Å². The molecule has 1 aliphatic rings. The Morgan fingerprint density at radius 2 is 2.04 bits per heavy atom. The molecule has 0 spiro atoms. The van der Waals surface area contributed by atoms with Crippen molar-refractivity contribution in [3.63, 3.8) is 0 Å². The number of piperazine rings is 1. The molecule has 0 atom stereocenters. The Bertz CT molecular complexity index is 947. The second-order valence-electron chi connectivity index (χ2n) is 6.45. The first-order valence-corrected chi connectivity index (χ1v) is 8.53. The molecule has 8 nitrogen and oxygen atoms in total. The standard InChI is InChI=1S/C18H19N5O3/c1-13-11-14(20-26-13)12-21-7-9-22(10-8-21)17-5-4-16(23(24)25)15-3-2-6-19-18(15)17/h2-6,11H,7-10,12H2,1H3. The second-order valence-corrected chi connectivity index (χ2v) is 6.45. The Kier molecular flexibility index (Phi) is 4.26. The van der Waals surface area contributed by atoms with E-state index in [-0.39, 0.29) is 10.6 Å². The highest BCUT2D eigenvalue weighted by atomic mass is 16.6. The summed E-state index contributed by atoms with van der Waals surface area (Å²) in [5.41, 5.74) is 2.67. The second kappa shape index (κ2) is 6.72. The minimum atomic E-state index is -0.356. The van der Waals surface area contributed by atoms with Crippen molar-refractivity contribution in [3.8, 4) is 0 Å². The zero-order chi connectivity index (χ0) is 18.1. The van der Waals surface area contributed by atoms with Crippen LogP contribution >= 0.6 is 0 Å². The number of benzene rings is 1. The van der Waals surface area contributed by atoms with Gasteiger partial charge in [-0.25, -0.2) is 0 Å². The van der Waals surface area contributed by atoms with E-state index in [1.807, 2.05) is 19.1 Å². The maximum absolute atomic E-state index is 11.3. The van der Waals surface area contributed by atoms with Gasteiger partial charge < -0.3 is 9.42 Å². The van der Waals surface area contributed by atoms with E-state index in [4.69, 9.17) is 4.52 Å². The van der Waals surface area contributed by atoms with Gasteiger partial charge in [0.05, 0.1) is 21.7 Å². The van der Waals surface area contributed by atoms with Gasteiger partial charge in [-0.15, -0.1) is 0 Å². The first-order valence-electron chi connectivity index (χ1n) is 8.53. The Balaban J connectivity index is 1.53. The lowest BCUT2D eigenvalue weighted by molar-refractivity contribution is -0.383. The molecule has 1 aliphatic heterocycles. The van der Waals surface area contributed by atoms with Crippen LogP contribution in [-0.4, -0.2) is 46.1 Å². The summed E-state index contributed by atoms with van der Waals surface area (Å²) in [5, 5.41) is 15.9. The average Bonchev–Trinajstić information content (AvgIpc) is 3.06. The zero-order valence-electron chi connectivity index (χ0n) is 14.5. The number of hydrogen-bond donors (Lipinski definition) is 0. The van der Waals surface area contributed by atoms with E-state index >= 15 is 0 Å². The molecular weight excluding hydrogens is 334 g/mol. The molecule has 1 fully saturated rings. The highest BCUT2D eigenvalue weighted by molar-refractivity contribution is 5.97. The number of pyridine rings is 1. The lowest BCUT2D eigenvalue weighted by Gasteiger charge is -2.35. The first kappa shape index (κ1) is 16.5. The van der Waals surface area contributed by atoms with Crippen molar-refractivity contribution in [1.29, 1.82) is 0 Å². The molecule has 8 heteroatoms. The third kappa shape index (κ3) is 3.11. The van der Waals surface area contributed by atoms with Crippen molar-refractivity contribution < 1.29 is 9.45 Å². The Morgan fingerprint density at radius 3 is 2.73 bits per heavy atom. The van der Waals surface area contributed by atoms with Crippen molar-refractivity contribution in [2.45, 2.75) is 13.5 Å². The smallest absolute Gasteiger partial charge is 0.278 e. The number of nitro benzene ring substituents is 1. The Hall–Kier alpha value is -3.00. The summed E-state index contributed by atoms with van der Waals surface area (Å²) in [7, 11) is 0. The summed E-state index contributed by atoms with van der Waals surface area (Å²) in [6, 6.07) is 8.83. The lowest BCUT2D eigenvalue weighted by atomic mass is 10.1. The van der Waals surface area contributed by atoms with Crippen LogP contribution < -0.4 is 4.90 Å². The Labute approximate surface area is 150 Å². The van der Waals surface area contributed by atoms with E-state index in [0.717, 1.165) is 49.9 Å². The quantitative estimate of drug-likeness (QED) is 0.526. The summed E-state index contributed by atoms with van der Waals surface area (Å²) >= 11 is 0. The predicted octanol–water partition coefficient (Wildman–Crippen LogP) is 2.76. The zero-order valence-corrected chi connectivity index (χ0v) is 14.5. The van der Waals surface area contributed by atoms with Crippen molar-refractivity contribution in [2.24, 2.45) is 0 Å². The molecule has 1 saturated heterocycles. The van der Waals surface area contributed by atoms with E-state index in [9.17, 15) is 10.1 Å². The molecule has 3 heterocycles. The molecule has 26 heavy (non-hydrogen) atoms. The van der Waals surface area contributed by atoms with Gasteiger partial charge in [-0.05, 0) is 25.1 Å². The number of nitro groups is 1. The van der Waals surface area contributed by atoms with E-state index in [0.29, 0.717) is 10.9 Å². The van der Waals surface area contributed by atoms with Gasteiger partial charge in [0, 0.05) is 51.1 Å². The molecule has 0 bridgehead atoms. The number of aromatic nitrogens is 2. The maximum atomic E-state index is 11.3. The van der Waals surface area contributed by atoms with Crippen LogP contribution in [0.3, 0.4) is 0 Å². The van der Waals surface area contributed by atoms with Crippen LogP contribution in [0.25, 0.3) is 10.9 Å². The molecule has 0 amide bonds. The lowest BCUT2D eigenvalue weighted by Crippen LogP contribution is -2.46. The third-order valence-electron chi connectivity index (χ3n) is 4.70. The van der Waals surface area contributed by atoms with Crippen LogP contribution in [0.5, 0.6) is 0 Å². The summed E-state index contributed by atoms with van der Waals surface area (Å²) in [6.45, 7) is 6.10. The van der Waals surface area contributed by atoms with Crippen molar-refractivity contribution in [3.05, 3.63) is 58.1 Å². The minimum Gasteiger partial charge on any atom is -0.367 e. The van der Waals surface area contributed by atoms with E-state index in [1.54, 1.807) is 24.4 Å². The molecule has 2 aromatic heterocycles. The van der Waals surface area contributed by atoms with E-state index < -0.39 is 0 Å². The van der Waals surface area contributed by atoms with Gasteiger partial charge >= 0.3 is 0 Å². The number of non-ortho nitro benzene ring substituents is 1. The fraction of sp³-hybridized carbons (Fsp3) is 0.333. The van der Waals surface area contributed by atoms with Crippen molar-refractivity contribution in [2.75, 3.05) is 31.1 Å². The van der Waals surface area contributed by atoms with Gasteiger partial charge in [-0.2, -0.15) is 0 Å². The molecular formula is C18H19N5O3. The molecule has 1 aromatic carbocycles. The topological polar surface area (TPSA) is 88.5 Å². The van der Waals surface area contributed by atoms with Crippen LogP contribution in [0.1, 0.15) is 11.5 Å². The molecule has 134 valence electrons. The molecule has 0 saturated carbocycles. The SMILES string of the molecule is Cc1cc(CN2CCN(c3ccc([N+](=O)[O-])c4cccnc34)CC2)no1. The normalized spacial score (nSPS) is 15.5. The summed E-state index contributed by atoms with van der Waals surface area (Å²) < 4.78 is 5.12. The van der Waals surface area contributed by atoms with Crippen molar-refractivity contribution >= 4 is 22.3 Å². The largest absolute Gasteiger partial charge is 0.367 e. The third-order valence-corrected chi connectivity index (χ3v) is 4.70. The number of nitrogens with zero attached hydrogens (tertiary/aromatic N) is 5. The summed E-state index contributed by atoms with van der Waals surface area (Å²) in [5.74, 6) is 0.821. The van der Waals surface area contributed by atoms with E-state index in [2.05, 4.69) is 19.9 Å². The number of fused-ring (bicyclic) bond motifs is 1. The van der Waals surface area contributed by atoms with Crippen LogP contribution in [0, 0.1) is 17.0 Å². The number of hydrogen-bond acceptors (Lipinski definition) is 7. The molecule has 0 N–H and O–H groups in total.